The molecular formula is C26H19BO2. The van der Waals surface area contributed by atoms with E-state index in [0.29, 0.717) is 5.46 Å². The van der Waals surface area contributed by atoms with Gasteiger partial charge in [-0.25, -0.2) is 0 Å². The van der Waals surface area contributed by atoms with Gasteiger partial charge < -0.3 is 10.0 Å². The minimum atomic E-state index is -1.59. The van der Waals surface area contributed by atoms with E-state index in [-0.39, 0.29) is 0 Å². The van der Waals surface area contributed by atoms with Crippen molar-refractivity contribution in [3.05, 3.63) is 103 Å². The van der Waals surface area contributed by atoms with Gasteiger partial charge in [0, 0.05) is 0 Å². The molecule has 29 heavy (non-hydrogen) atoms. The predicted molar refractivity (Wildman–Crippen MR) is 122 cm³/mol. The molecule has 5 rings (SSSR count). The molecule has 5 aromatic carbocycles. The fourth-order valence-electron chi connectivity index (χ4n) is 4.15. The SMILES string of the molecule is OB(O)c1c(-c2ccccc2)cc2cc3ccccc3cc2c1-c1ccccc1. The molecule has 0 spiro atoms. The summed E-state index contributed by atoms with van der Waals surface area (Å²) in [6, 6.07) is 34.5. The molecule has 0 atom stereocenters. The zero-order chi connectivity index (χ0) is 19.8. The van der Waals surface area contributed by atoms with Crippen LogP contribution >= 0.6 is 0 Å². The van der Waals surface area contributed by atoms with E-state index in [0.717, 1.165) is 43.8 Å². The topological polar surface area (TPSA) is 40.5 Å². The van der Waals surface area contributed by atoms with Crippen LogP contribution in [0.1, 0.15) is 0 Å². The molecule has 0 aliphatic carbocycles. The van der Waals surface area contributed by atoms with Gasteiger partial charge in [-0.05, 0) is 67.5 Å². The first-order valence-corrected chi connectivity index (χ1v) is 9.69. The molecular weight excluding hydrogens is 355 g/mol. The first-order valence-electron chi connectivity index (χ1n) is 9.69. The normalized spacial score (nSPS) is 11.1. The van der Waals surface area contributed by atoms with Gasteiger partial charge in [0.15, 0.2) is 0 Å². The summed E-state index contributed by atoms with van der Waals surface area (Å²) in [5.74, 6) is 0. The van der Waals surface area contributed by atoms with Crippen LogP contribution in [-0.2, 0) is 0 Å². The molecule has 0 fully saturated rings. The van der Waals surface area contributed by atoms with Crippen molar-refractivity contribution in [3.63, 3.8) is 0 Å². The van der Waals surface area contributed by atoms with Crippen molar-refractivity contribution in [3.8, 4) is 22.3 Å². The van der Waals surface area contributed by atoms with Crippen LogP contribution in [0.3, 0.4) is 0 Å². The summed E-state index contributed by atoms with van der Waals surface area (Å²) in [7, 11) is -1.59. The van der Waals surface area contributed by atoms with Crippen molar-refractivity contribution in [1.29, 1.82) is 0 Å². The van der Waals surface area contributed by atoms with Crippen molar-refractivity contribution in [2.45, 2.75) is 0 Å². The Labute approximate surface area is 169 Å². The molecule has 0 saturated carbocycles. The highest BCUT2D eigenvalue weighted by Gasteiger charge is 2.25. The Kier molecular flexibility index (Phi) is 4.40. The van der Waals surface area contributed by atoms with Crippen LogP contribution in [0.2, 0.25) is 0 Å². The largest absolute Gasteiger partial charge is 0.489 e. The minimum absolute atomic E-state index is 0.533. The van der Waals surface area contributed by atoms with E-state index >= 15 is 0 Å². The number of benzene rings is 5. The fraction of sp³-hybridized carbons (Fsp3) is 0. The van der Waals surface area contributed by atoms with Crippen LogP contribution < -0.4 is 5.46 Å². The molecule has 2 nitrogen and oxygen atoms in total. The zero-order valence-corrected chi connectivity index (χ0v) is 15.8. The molecule has 0 saturated heterocycles. The Morgan fingerprint density at radius 1 is 0.517 bits per heavy atom. The lowest BCUT2D eigenvalue weighted by atomic mass is 9.69. The lowest BCUT2D eigenvalue weighted by Crippen LogP contribution is -2.33. The van der Waals surface area contributed by atoms with Gasteiger partial charge in [0.25, 0.3) is 0 Å². The van der Waals surface area contributed by atoms with E-state index in [4.69, 9.17) is 0 Å². The van der Waals surface area contributed by atoms with E-state index in [2.05, 4.69) is 30.3 Å². The van der Waals surface area contributed by atoms with Crippen molar-refractivity contribution < 1.29 is 10.0 Å². The molecule has 0 heterocycles. The second-order valence-electron chi connectivity index (χ2n) is 7.24. The third kappa shape index (κ3) is 3.11. The Hall–Kier alpha value is -3.40. The van der Waals surface area contributed by atoms with Gasteiger partial charge in [0.2, 0.25) is 0 Å². The smallest absolute Gasteiger partial charge is 0.423 e. The predicted octanol–water partition coefficient (Wildman–Crippen LogP) is 5.01. The van der Waals surface area contributed by atoms with E-state index in [1.165, 1.54) is 0 Å². The summed E-state index contributed by atoms with van der Waals surface area (Å²) in [6.07, 6.45) is 0. The summed E-state index contributed by atoms with van der Waals surface area (Å²) in [4.78, 5) is 0. The van der Waals surface area contributed by atoms with Gasteiger partial charge in [-0.15, -0.1) is 0 Å². The second kappa shape index (κ2) is 7.21. The third-order valence-corrected chi connectivity index (χ3v) is 5.45. The van der Waals surface area contributed by atoms with Gasteiger partial charge in [0.05, 0.1) is 0 Å². The molecule has 0 unspecified atom stereocenters. The summed E-state index contributed by atoms with van der Waals surface area (Å²) < 4.78 is 0. The monoisotopic (exact) mass is 374 g/mol. The van der Waals surface area contributed by atoms with E-state index in [1.54, 1.807) is 0 Å². The van der Waals surface area contributed by atoms with Crippen LogP contribution in [-0.4, -0.2) is 17.2 Å². The van der Waals surface area contributed by atoms with Crippen LogP contribution in [0.25, 0.3) is 43.8 Å². The molecule has 138 valence electrons. The van der Waals surface area contributed by atoms with Gasteiger partial charge >= 0.3 is 7.12 Å². The molecule has 0 aliphatic rings. The van der Waals surface area contributed by atoms with Crippen molar-refractivity contribution >= 4 is 34.1 Å². The van der Waals surface area contributed by atoms with E-state index in [9.17, 15) is 10.0 Å². The quantitative estimate of drug-likeness (QED) is 0.344. The first kappa shape index (κ1) is 17.7. The third-order valence-electron chi connectivity index (χ3n) is 5.45. The number of rotatable bonds is 3. The molecule has 2 N–H and O–H groups in total. The van der Waals surface area contributed by atoms with Crippen LogP contribution in [0, 0.1) is 0 Å². The second-order valence-corrected chi connectivity index (χ2v) is 7.24. The summed E-state index contributed by atoms with van der Waals surface area (Å²) in [5, 5.41) is 25.2. The summed E-state index contributed by atoms with van der Waals surface area (Å²) >= 11 is 0. The lowest BCUT2D eigenvalue weighted by Gasteiger charge is -2.19. The first-order chi connectivity index (χ1) is 14.2. The van der Waals surface area contributed by atoms with E-state index in [1.807, 2.05) is 72.8 Å². The Bertz CT molecular complexity index is 1310. The molecule has 0 aliphatic heterocycles. The van der Waals surface area contributed by atoms with Gasteiger partial charge in [-0.2, -0.15) is 0 Å². The molecule has 5 aromatic rings. The minimum Gasteiger partial charge on any atom is -0.423 e. The average Bonchev–Trinajstić information content (AvgIpc) is 2.77. The molecule has 0 bridgehead atoms. The Morgan fingerprint density at radius 2 is 1.07 bits per heavy atom. The standard InChI is InChI=1S/C26H19BO2/c28-27(29)26-24(18-9-3-1-4-10-18)17-22-15-20-13-7-8-14-21(20)16-23(22)25(26)19-11-5-2-6-12-19/h1-17,28-29H. The molecule has 0 aromatic heterocycles. The maximum atomic E-state index is 10.4. The van der Waals surface area contributed by atoms with E-state index < -0.39 is 7.12 Å². The summed E-state index contributed by atoms with van der Waals surface area (Å²) in [6.45, 7) is 0. The number of hydrogen-bond acceptors (Lipinski definition) is 2. The van der Waals surface area contributed by atoms with Gasteiger partial charge in [-0.1, -0.05) is 84.9 Å². The maximum absolute atomic E-state index is 10.4. The van der Waals surface area contributed by atoms with Crippen molar-refractivity contribution in [2.24, 2.45) is 0 Å². The highest BCUT2D eigenvalue weighted by atomic mass is 16.4. The van der Waals surface area contributed by atoms with Gasteiger partial charge in [0.1, 0.15) is 0 Å². The van der Waals surface area contributed by atoms with Gasteiger partial charge in [-0.3, -0.25) is 0 Å². The molecule has 0 radical (unpaired) electrons. The lowest BCUT2D eigenvalue weighted by molar-refractivity contribution is 0.426. The zero-order valence-electron chi connectivity index (χ0n) is 15.8. The van der Waals surface area contributed by atoms with Crippen molar-refractivity contribution in [2.75, 3.05) is 0 Å². The highest BCUT2D eigenvalue weighted by Crippen LogP contribution is 2.35. The number of fused-ring (bicyclic) bond motifs is 2. The summed E-state index contributed by atoms with van der Waals surface area (Å²) in [5.41, 5.74) is 4.16. The van der Waals surface area contributed by atoms with Crippen LogP contribution in [0.15, 0.2) is 103 Å². The van der Waals surface area contributed by atoms with Crippen LogP contribution in [0.5, 0.6) is 0 Å². The fourth-order valence-corrected chi connectivity index (χ4v) is 4.15. The molecule has 3 heteroatoms. The van der Waals surface area contributed by atoms with Crippen LogP contribution in [0.4, 0.5) is 0 Å². The highest BCUT2D eigenvalue weighted by molar-refractivity contribution is 6.63. The number of hydrogen-bond donors (Lipinski definition) is 2. The molecule has 0 amide bonds. The van der Waals surface area contributed by atoms with Crippen molar-refractivity contribution in [1.82, 2.24) is 0 Å². The Morgan fingerprint density at radius 3 is 1.69 bits per heavy atom. The maximum Gasteiger partial charge on any atom is 0.489 e. The Balaban J connectivity index is 1.98. The average molecular weight is 374 g/mol.